The number of hydrogen-bond acceptors (Lipinski definition) is 2. The highest BCUT2D eigenvalue weighted by Crippen LogP contribution is 2.28. The van der Waals surface area contributed by atoms with Gasteiger partial charge in [-0.15, -0.1) is 0 Å². The Kier molecular flexibility index (Phi) is 10.9. The third-order valence-electron chi connectivity index (χ3n) is 3.58. The van der Waals surface area contributed by atoms with Crippen LogP contribution in [0.3, 0.4) is 0 Å². The molecule has 0 saturated carbocycles. The molecule has 0 rings (SSSR count). The lowest BCUT2D eigenvalue weighted by Gasteiger charge is -2.25. The zero-order valence-corrected chi connectivity index (χ0v) is 13.0. The van der Waals surface area contributed by atoms with Crippen molar-refractivity contribution in [2.24, 2.45) is 5.41 Å². The van der Waals surface area contributed by atoms with E-state index in [-0.39, 0.29) is 18.6 Å². The van der Waals surface area contributed by atoms with Gasteiger partial charge in [0.05, 0.1) is 0 Å². The molecule has 0 aliphatic heterocycles. The second kappa shape index (κ2) is 11.2. The van der Waals surface area contributed by atoms with E-state index in [4.69, 9.17) is 5.11 Å². The molecule has 0 fully saturated rings. The number of allylic oxidation sites excluding steroid dienone is 3. The van der Waals surface area contributed by atoms with Crippen LogP contribution in [-0.2, 0) is 0 Å². The Labute approximate surface area is 119 Å². The monoisotopic (exact) mass is 268 g/mol. The molecule has 2 heteroatoms. The van der Waals surface area contributed by atoms with E-state index >= 15 is 0 Å². The maximum atomic E-state index is 9.47. The van der Waals surface area contributed by atoms with Crippen LogP contribution in [0.2, 0.25) is 0 Å². The van der Waals surface area contributed by atoms with Crippen LogP contribution in [0.1, 0.15) is 65.7 Å². The van der Waals surface area contributed by atoms with Crippen LogP contribution >= 0.6 is 0 Å². The Balaban J connectivity index is 3.93. The first-order chi connectivity index (χ1) is 9.08. The molecule has 0 spiro atoms. The van der Waals surface area contributed by atoms with Crippen LogP contribution in [0.25, 0.3) is 0 Å². The van der Waals surface area contributed by atoms with Gasteiger partial charge in [0.25, 0.3) is 0 Å². The third-order valence-corrected chi connectivity index (χ3v) is 3.58. The fraction of sp³-hybridized carbons (Fsp3) is 0.765. The van der Waals surface area contributed by atoms with E-state index < -0.39 is 0 Å². The Hall–Kier alpha value is -0.600. The lowest BCUT2D eigenvalue weighted by atomic mass is 9.82. The van der Waals surface area contributed by atoms with Gasteiger partial charge in [-0.1, -0.05) is 44.1 Å². The smallest absolute Gasteiger partial charge is 0.0487 e. The van der Waals surface area contributed by atoms with Gasteiger partial charge in [0.15, 0.2) is 0 Å². The number of unbranched alkanes of at least 4 members (excludes halogenated alkanes) is 1. The molecule has 0 aromatic carbocycles. The molecule has 0 aliphatic rings. The van der Waals surface area contributed by atoms with Crippen molar-refractivity contribution in [2.45, 2.75) is 65.7 Å². The summed E-state index contributed by atoms with van der Waals surface area (Å²) in [5, 5.41) is 18.1. The molecule has 19 heavy (non-hydrogen) atoms. The molecule has 0 aromatic rings. The van der Waals surface area contributed by atoms with Crippen LogP contribution in [0.15, 0.2) is 23.8 Å². The molecular formula is C17H32O2. The minimum atomic E-state index is 0.0526. The van der Waals surface area contributed by atoms with Gasteiger partial charge in [0.2, 0.25) is 0 Å². The van der Waals surface area contributed by atoms with Gasteiger partial charge in [0.1, 0.15) is 0 Å². The second-order valence-corrected chi connectivity index (χ2v) is 5.85. The molecule has 1 unspecified atom stereocenters. The maximum absolute atomic E-state index is 9.47. The van der Waals surface area contributed by atoms with Crippen LogP contribution in [-0.4, -0.2) is 23.4 Å². The van der Waals surface area contributed by atoms with Crippen molar-refractivity contribution < 1.29 is 10.2 Å². The molecule has 0 aliphatic carbocycles. The third kappa shape index (κ3) is 9.92. The van der Waals surface area contributed by atoms with Crippen LogP contribution in [0.5, 0.6) is 0 Å². The summed E-state index contributed by atoms with van der Waals surface area (Å²) in [5.74, 6) is 0. The molecule has 2 nitrogen and oxygen atoms in total. The van der Waals surface area contributed by atoms with E-state index in [1.54, 1.807) is 0 Å². The van der Waals surface area contributed by atoms with E-state index in [0.717, 1.165) is 44.9 Å². The van der Waals surface area contributed by atoms with Gasteiger partial charge < -0.3 is 10.2 Å². The highest BCUT2D eigenvalue weighted by atomic mass is 16.3. The topological polar surface area (TPSA) is 40.5 Å². The van der Waals surface area contributed by atoms with E-state index in [1.807, 2.05) is 6.08 Å². The zero-order valence-electron chi connectivity index (χ0n) is 13.0. The number of rotatable bonds is 11. The van der Waals surface area contributed by atoms with E-state index in [0.29, 0.717) is 0 Å². The van der Waals surface area contributed by atoms with Crippen molar-refractivity contribution in [1.29, 1.82) is 0 Å². The molecule has 112 valence electrons. The molecule has 0 radical (unpaired) electrons. The largest absolute Gasteiger partial charge is 0.396 e. The summed E-state index contributed by atoms with van der Waals surface area (Å²) in [4.78, 5) is 0. The van der Waals surface area contributed by atoms with Crippen molar-refractivity contribution in [2.75, 3.05) is 13.2 Å². The minimum absolute atomic E-state index is 0.0526. The van der Waals surface area contributed by atoms with E-state index in [2.05, 4.69) is 32.9 Å². The maximum Gasteiger partial charge on any atom is 0.0487 e. The molecule has 0 saturated heterocycles. The van der Waals surface area contributed by atoms with Gasteiger partial charge in [-0.25, -0.2) is 0 Å². The summed E-state index contributed by atoms with van der Waals surface area (Å²) < 4.78 is 0. The first-order valence-corrected chi connectivity index (χ1v) is 7.60. The number of aliphatic hydroxyl groups is 2. The van der Waals surface area contributed by atoms with Crippen molar-refractivity contribution >= 4 is 0 Å². The average Bonchev–Trinajstić information content (AvgIpc) is 2.41. The Morgan fingerprint density at radius 3 is 2.42 bits per heavy atom. The zero-order chi connectivity index (χ0) is 14.6. The van der Waals surface area contributed by atoms with Crippen molar-refractivity contribution in [3.63, 3.8) is 0 Å². The van der Waals surface area contributed by atoms with Gasteiger partial charge in [0, 0.05) is 13.2 Å². The predicted molar refractivity (Wildman–Crippen MR) is 83.2 cm³/mol. The molecular weight excluding hydrogens is 236 g/mol. The quantitative estimate of drug-likeness (QED) is 0.435. The van der Waals surface area contributed by atoms with Crippen molar-refractivity contribution in [1.82, 2.24) is 0 Å². The molecule has 0 heterocycles. The van der Waals surface area contributed by atoms with Gasteiger partial charge in [-0.05, 0) is 50.9 Å². The van der Waals surface area contributed by atoms with Crippen molar-refractivity contribution in [3.8, 4) is 0 Å². The van der Waals surface area contributed by atoms with Crippen LogP contribution in [0.4, 0.5) is 0 Å². The summed E-state index contributed by atoms with van der Waals surface area (Å²) in [6.07, 6.45) is 13.8. The average molecular weight is 268 g/mol. The highest BCUT2D eigenvalue weighted by Gasteiger charge is 2.20. The Morgan fingerprint density at radius 1 is 1.16 bits per heavy atom. The summed E-state index contributed by atoms with van der Waals surface area (Å²) in [5.41, 5.74) is 1.48. The fourth-order valence-electron chi connectivity index (χ4n) is 2.18. The fourth-order valence-corrected chi connectivity index (χ4v) is 2.18. The van der Waals surface area contributed by atoms with Gasteiger partial charge in [-0.2, -0.15) is 0 Å². The standard InChI is InChI=1S/C17H32O2/c1-4-12-17(3,15-19)13-11-16(2)10-8-6-5-7-9-14-18/h5,7,11,18-19H,4,6,8-10,12-15H2,1-3H3/b7-5-,16-11?. The number of hydrogen-bond donors (Lipinski definition) is 2. The SMILES string of the molecule is CCCC(C)(CO)CC=C(C)CCC/C=C\CCO. The molecule has 1 atom stereocenters. The first-order valence-electron chi connectivity index (χ1n) is 7.60. The summed E-state index contributed by atoms with van der Waals surface area (Å²) >= 11 is 0. The van der Waals surface area contributed by atoms with Crippen LogP contribution < -0.4 is 0 Å². The Morgan fingerprint density at radius 2 is 1.84 bits per heavy atom. The predicted octanol–water partition coefficient (Wildman–Crippen LogP) is 4.23. The van der Waals surface area contributed by atoms with E-state index in [9.17, 15) is 5.11 Å². The number of aliphatic hydroxyl groups excluding tert-OH is 2. The first kappa shape index (κ1) is 18.4. The molecule has 0 amide bonds. The highest BCUT2D eigenvalue weighted by molar-refractivity contribution is 5.01. The normalized spacial score (nSPS) is 15.9. The van der Waals surface area contributed by atoms with Crippen LogP contribution in [0, 0.1) is 5.41 Å². The molecule has 2 N–H and O–H groups in total. The van der Waals surface area contributed by atoms with Gasteiger partial charge in [-0.3, -0.25) is 0 Å². The summed E-state index contributed by atoms with van der Waals surface area (Å²) in [6.45, 7) is 7.03. The van der Waals surface area contributed by atoms with Gasteiger partial charge >= 0.3 is 0 Å². The Bertz CT molecular complexity index is 268. The summed E-state index contributed by atoms with van der Waals surface area (Å²) in [6, 6.07) is 0. The molecule has 0 aromatic heterocycles. The van der Waals surface area contributed by atoms with E-state index in [1.165, 1.54) is 5.57 Å². The summed E-state index contributed by atoms with van der Waals surface area (Å²) in [7, 11) is 0. The lowest BCUT2D eigenvalue weighted by molar-refractivity contribution is 0.134. The second-order valence-electron chi connectivity index (χ2n) is 5.85. The lowest BCUT2D eigenvalue weighted by Crippen LogP contribution is -2.20. The van der Waals surface area contributed by atoms with Crippen molar-refractivity contribution in [3.05, 3.63) is 23.8 Å². The molecule has 0 bridgehead atoms. The minimum Gasteiger partial charge on any atom is -0.396 e.